The fraction of sp³-hybridized carbons (Fsp3) is 0.167. The van der Waals surface area contributed by atoms with Gasteiger partial charge in [-0.3, -0.25) is 4.79 Å². The van der Waals surface area contributed by atoms with E-state index in [0.717, 1.165) is 5.56 Å². The zero-order valence-electron chi connectivity index (χ0n) is 9.03. The van der Waals surface area contributed by atoms with Crippen LogP contribution in [0.25, 0.3) is 0 Å². The van der Waals surface area contributed by atoms with Crippen molar-refractivity contribution in [2.24, 2.45) is 0 Å². The highest BCUT2D eigenvalue weighted by Crippen LogP contribution is 2.05. The van der Waals surface area contributed by atoms with E-state index in [4.69, 9.17) is 0 Å². The van der Waals surface area contributed by atoms with E-state index < -0.39 is 0 Å². The van der Waals surface area contributed by atoms with Crippen LogP contribution in [0.5, 0.6) is 0 Å². The summed E-state index contributed by atoms with van der Waals surface area (Å²) in [6.07, 6.45) is 3.07. The van der Waals surface area contributed by atoms with Crippen LogP contribution in [0.4, 0.5) is 5.82 Å². The molecule has 0 aliphatic heterocycles. The molecular weight excluding hydrogens is 202 g/mol. The number of rotatable bonds is 3. The molecule has 4 nitrogen and oxygen atoms in total. The quantitative estimate of drug-likeness (QED) is 0.819. The van der Waals surface area contributed by atoms with Gasteiger partial charge >= 0.3 is 0 Å². The molecule has 0 amide bonds. The molecule has 0 radical (unpaired) electrons. The number of aromatic amines is 1. The Bertz CT molecular complexity index is 534. The van der Waals surface area contributed by atoms with Crippen LogP contribution in [0.1, 0.15) is 11.1 Å². The molecule has 2 N–H and O–H groups in total. The maximum absolute atomic E-state index is 11.3. The second-order valence-electron chi connectivity index (χ2n) is 3.61. The maximum Gasteiger partial charge on any atom is 0.290 e. The number of aryl methyl sites for hydroxylation is 1. The average molecular weight is 215 g/mol. The van der Waals surface area contributed by atoms with Gasteiger partial charge < -0.3 is 10.3 Å². The standard InChI is InChI=1S/C12H13N3O/c1-9-3-2-4-10(7-9)8-15-11-12(16)14-6-5-13-11/h2-7H,8H2,1H3,(H,13,15)(H,14,16). The predicted molar refractivity (Wildman–Crippen MR) is 63.4 cm³/mol. The summed E-state index contributed by atoms with van der Waals surface area (Å²) in [7, 11) is 0. The predicted octanol–water partition coefficient (Wildman–Crippen LogP) is 1.69. The van der Waals surface area contributed by atoms with E-state index >= 15 is 0 Å². The van der Waals surface area contributed by atoms with Crippen molar-refractivity contribution in [3.05, 3.63) is 58.1 Å². The van der Waals surface area contributed by atoms with Crippen LogP contribution in [0, 0.1) is 6.92 Å². The number of anilines is 1. The third-order valence-electron chi connectivity index (χ3n) is 2.25. The minimum atomic E-state index is -0.199. The van der Waals surface area contributed by atoms with Gasteiger partial charge in [0, 0.05) is 18.9 Å². The number of hydrogen-bond acceptors (Lipinski definition) is 3. The average Bonchev–Trinajstić information content (AvgIpc) is 2.28. The van der Waals surface area contributed by atoms with E-state index in [-0.39, 0.29) is 5.56 Å². The number of nitrogens with zero attached hydrogens (tertiary/aromatic N) is 1. The summed E-state index contributed by atoms with van der Waals surface area (Å²) in [6.45, 7) is 2.64. The van der Waals surface area contributed by atoms with Gasteiger partial charge in [-0.1, -0.05) is 29.8 Å². The Morgan fingerprint density at radius 2 is 2.31 bits per heavy atom. The van der Waals surface area contributed by atoms with E-state index in [0.29, 0.717) is 12.4 Å². The molecule has 0 spiro atoms. The molecule has 1 aromatic carbocycles. The van der Waals surface area contributed by atoms with Crippen molar-refractivity contribution in [2.75, 3.05) is 5.32 Å². The van der Waals surface area contributed by atoms with Crippen molar-refractivity contribution in [2.45, 2.75) is 13.5 Å². The molecular formula is C12H13N3O. The fourth-order valence-electron chi connectivity index (χ4n) is 1.49. The van der Waals surface area contributed by atoms with Crippen LogP contribution in [0.3, 0.4) is 0 Å². The van der Waals surface area contributed by atoms with Crippen molar-refractivity contribution >= 4 is 5.82 Å². The summed E-state index contributed by atoms with van der Waals surface area (Å²) in [4.78, 5) is 17.9. The van der Waals surface area contributed by atoms with Gasteiger partial charge in [0.15, 0.2) is 5.82 Å². The molecule has 0 aliphatic rings. The summed E-state index contributed by atoms with van der Waals surface area (Å²) in [5.74, 6) is 0.351. The molecule has 2 rings (SSSR count). The normalized spacial score (nSPS) is 10.1. The third kappa shape index (κ3) is 2.48. The van der Waals surface area contributed by atoms with Crippen LogP contribution in [0.15, 0.2) is 41.5 Å². The van der Waals surface area contributed by atoms with Crippen LogP contribution in [-0.4, -0.2) is 9.97 Å². The maximum atomic E-state index is 11.3. The number of hydrogen-bond donors (Lipinski definition) is 2. The van der Waals surface area contributed by atoms with Gasteiger partial charge in [-0.2, -0.15) is 0 Å². The molecule has 82 valence electrons. The van der Waals surface area contributed by atoms with Gasteiger partial charge in [0.25, 0.3) is 5.56 Å². The number of nitrogens with one attached hydrogen (secondary N) is 2. The molecule has 0 atom stereocenters. The second-order valence-corrected chi connectivity index (χ2v) is 3.61. The zero-order valence-corrected chi connectivity index (χ0v) is 9.03. The third-order valence-corrected chi connectivity index (χ3v) is 2.25. The van der Waals surface area contributed by atoms with E-state index in [9.17, 15) is 4.79 Å². The molecule has 0 aliphatic carbocycles. The zero-order chi connectivity index (χ0) is 11.4. The molecule has 1 aromatic heterocycles. The molecule has 0 fully saturated rings. The monoisotopic (exact) mass is 215 g/mol. The van der Waals surface area contributed by atoms with Gasteiger partial charge in [-0.15, -0.1) is 0 Å². The SMILES string of the molecule is Cc1cccc(CNc2ncc[nH]c2=O)c1. The molecule has 1 heterocycles. The molecule has 0 saturated carbocycles. The van der Waals surface area contributed by atoms with Crippen LogP contribution in [0.2, 0.25) is 0 Å². The van der Waals surface area contributed by atoms with Crippen LogP contribution in [-0.2, 0) is 6.54 Å². The molecule has 0 saturated heterocycles. The van der Waals surface area contributed by atoms with Crippen molar-refractivity contribution in [3.63, 3.8) is 0 Å². The Kier molecular flexibility index (Phi) is 3.00. The van der Waals surface area contributed by atoms with E-state index in [2.05, 4.69) is 21.4 Å². The lowest BCUT2D eigenvalue weighted by Gasteiger charge is -2.04. The summed E-state index contributed by atoms with van der Waals surface area (Å²) in [5, 5.41) is 3.00. The molecule has 4 heteroatoms. The topological polar surface area (TPSA) is 57.8 Å². The van der Waals surface area contributed by atoms with Crippen molar-refractivity contribution in [3.8, 4) is 0 Å². The Morgan fingerprint density at radius 1 is 1.44 bits per heavy atom. The summed E-state index contributed by atoms with van der Waals surface area (Å²) < 4.78 is 0. The van der Waals surface area contributed by atoms with Gasteiger partial charge in [0.2, 0.25) is 0 Å². The van der Waals surface area contributed by atoms with Crippen molar-refractivity contribution in [1.82, 2.24) is 9.97 Å². The van der Waals surface area contributed by atoms with Gasteiger partial charge in [0.05, 0.1) is 0 Å². The molecule has 0 bridgehead atoms. The Hall–Kier alpha value is -2.10. The Morgan fingerprint density at radius 3 is 3.06 bits per heavy atom. The highest BCUT2D eigenvalue weighted by molar-refractivity contribution is 5.33. The van der Waals surface area contributed by atoms with Crippen molar-refractivity contribution in [1.29, 1.82) is 0 Å². The summed E-state index contributed by atoms with van der Waals surface area (Å²) >= 11 is 0. The van der Waals surface area contributed by atoms with E-state index in [1.54, 1.807) is 6.20 Å². The van der Waals surface area contributed by atoms with Crippen LogP contribution >= 0.6 is 0 Å². The van der Waals surface area contributed by atoms with Gasteiger partial charge in [-0.05, 0) is 12.5 Å². The molecule has 2 aromatic rings. The minimum absolute atomic E-state index is 0.199. The van der Waals surface area contributed by atoms with Crippen molar-refractivity contribution < 1.29 is 0 Å². The Balaban J connectivity index is 2.08. The second kappa shape index (κ2) is 4.61. The van der Waals surface area contributed by atoms with Crippen LogP contribution < -0.4 is 10.9 Å². The Labute approximate surface area is 93.4 Å². The first kappa shape index (κ1) is 10.4. The summed E-state index contributed by atoms with van der Waals surface area (Å²) in [6, 6.07) is 8.12. The fourth-order valence-corrected chi connectivity index (χ4v) is 1.49. The van der Waals surface area contributed by atoms with Gasteiger partial charge in [0.1, 0.15) is 0 Å². The first-order chi connectivity index (χ1) is 7.75. The number of H-pyrrole nitrogens is 1. The lowest BCUT2D eigenvalue weighted by atomic mass is 10.1. The highest BCUT2D eigenvalue weighted by atomic mass is 16.1. The first-order valence-corrected chi connectivity index (χ1v) is 5.09. The number of benzene rings is 1. The largest absolute Gasteiger partial charge is 0.361 e. The first-order valence-electron chi connectivity index (χ1n) is 5.09. The lowest BCUT2D eigenvalue weighted by molar-refractivity contribution is 1.06. The molecule has 16 heavy (non-hydrogen) atoms. The van der Waals surface area contributed by atoms with Gasteiger partial charge in [-0.25, -0.2) is 4.98 Å². The molecule has 0 unspecified atom stereocenters. The van der Waals surface area contributed by atoms with E-state index in [1.165, 1.54) is 11.8 Å². The smallest absolute Gasteiger partial charge is 0.290 e. The number of aromatic nitrogens is 2. The summed E-state index contributed by atoms with van der Waals surface area (Å²) in [5.41, 5.74) is 2.13. The van der Waals surface area contributed by atoms with E-state index in [1.807, 2.05) is 25.1 Å². The minimum Gasteiger partial charge on any atom is -0.361 e. The lowest BCUT2D eigenvalue weighted by Crippen LogP contribution is -2.15. The highest BCUT2D eigenvalue weighted by Gasteiger charge is 1.99.